The minimum Gasteiger partial charge on any atom is -0.494 e. The second-order valence-electron chi connectivity index (χ2n) is 12.1. The molecule has 0 saturated carbocycles. The Morgan fingerprint density at radius 3 is 1.55 bits per heavy atom. The van der Waals surface area contributed by atoms with Gasteiger partial charge in [0.1, 0.15) is 28.9 Å². The summed E-state index contributed by atoms with van der Waals surface area (Å²) in [6, 6.07) is 29.9. The number of carbonyl (C=O) groups excluding carboxylic acids is 4. The van der Waals surface area contributed by atoms with Gasteiger partial charge in [0.25, 0.3) is 0 Å². The number of thioether (sulfide) groups is 1. The van der Waals surface area contributed by atoms with Crippen molar-refractivity contribution in [2.75, 3.05) is 26.4 Å². The molecule has 0 spiro atoms. The topological polar surface area (TPSA) is 143 Å². The maximum absolute atomic E-state index is 13.0. The molecule has 0 fully saturated rings. The van der Waals surface area contributed by atoms with E-state index in [0.717, 1.165) is 35.0 Å². The van der Waals surface area contributed by atoms with E-state index in [1.54, 1.807) is 84.9 Å². The predicted molar refractivity (Wildman–Crippen MR) is 221 cm³/mol. The maximum Gasteiger partial charge on any atom is 0.354 e. The lowest BCUT2D eigenvalue weighted by molar-refractivity contribution is -0.138. The smallest absolute Gasteiger partial charge is 0.354 e. The molecule has 0 unspecified atom stereocenters. The fraction of sp³-hybridized carbons (Fsp3) is 0.174. The Labute approximate surface area is 341 Å². The zero-order chi connectivity index (χ0) is 41.5. The molecule has 0 atom stereocenters. The van der Waals surface area contributed by atoms with Gasteiger partial charge in [-0.05, 0) is 109 Å². The SMILES string of the molecule is [C-]#[N+]/C(=C\c1ccc(OCCCCOC(=O)C=C)cc1)C(=O)Sc1ccc(-c2ccc(OC(=O)/C(C#N)=C/c3ccc(OCCCCOC(=O)C=C)cc3)cc2)cc1. The summed E-state index contributed by atoms with van der Waals surface area (Å²) >= 11 is 0.952. The van der Waals surface area contributed by atoms with Crippen LogP contribution < -0.4 is 14.2 Å². The van der Waals surface area contributed by atoms with Crippen molar-refractivity contribution in [2.24, 2.45) is 0 Å². The van der Waals surface area contributed by atoms with Gasteiger partial charge in [0.2, 0.25) is 10.8 Å². The van der Waals surface area contributed by atoms with Crippen molar-refractivity contribution in [3.05, 3.63) is 156 Å². The fourth-order valence-electron chi connectivity index (χ4n) is 4.92. The van der Waals surface area contributed by atoms with Gasteiger partial charge in [0.05, 0.1) is 33.0 Å². The second-order valence-corrected chi connectivity index (χ2v) is 13.2. The molecule has 0 saturated heterocycles. The molecule has 0 aliphatic rings. The Morgan fingerprint density at radius 1 is 0.638 bits per heavy atom. The molecule has 0 aromatic heterocycles. The summed E-state index contributed by atoms with van der Waals surface area (Å²) in [6.07, 6.45) is 7.91. The predicted octanol–water partition coefficient (Wildman–Crippen LogP) is 9.22. The van der Waals surface area contributed by atoms with E-state index in [2.05, 4.69) is 18.0 Å². The Kier molecular flexibility index (Phi) is 17.8. The van der Waals surface area contributed by atoms with Gasteiger partial charge in [-0.1, -0.05) is 73.5 Å². The summed E-state index contributed by atoms with van der Waals surface area (Å²) in [7, 11) is 0. The lowest BCUT2D eigenvalue weighted by Crippen LogP contribution is -2.10. The third-order valence-electron chi connectivity index (χ3n) is 7.94. The highest BCUT2D eigenvalue weighted by molar-refractivity contribution is 8.14. The Balaban J connectivity index is 1.24. The van der Waals surface area contributed by atoms with Crippen LogP contribution in [0.25, 0.3) is 28.1 Å². The number of hydrogen-bond donors (Lipinski definition) is 0. The molecule has 4 aromatic rings. The number of rotatable bonds is 21. The normalized spacial score (nSPS) is 10.9. The van der Waals surface area contributed by atoms with E-state index in [4.69, 9.17) is 30.3 Å². The maximum atomic E-state index is 13.0. The van der Waals surface area contributed by atoms with Crippen molar-refractivity contribution < 1.29 is 42.9 Å². The molecule has 0 radical (unpaired) electrons. The monoisotopic (exact) mass is 796 g/mol. The Morgan fingerprint density at radius 2 is 1.09 bits per heavy atom. The number of unbranched alkanes of at least 4 members (excludes halogenated alkanes) is 2. The van der Waals surface area contributed by atoms with Gasteiger partial charge in [-0.3, -0.25) is 4.79 Å². The van der Waals surface area contributed by atoms with Crippen molar-refractivity contribution in [3.63, 3.8) is 0 Å². The molecule has 11 nitrogen and oxygen atoms in total. The van der Waals surface area contributed by atoms with Crippen LogP contribution in [0.3, 0.4) is 0 Å². The van der Waals surface area contributed by atoms with E-state index in [9.17, 15) is 24.4 Å². The van der Waals surface area contributed by atoms with Gasteiger partial charge >= 0.3 is 17.9 Å². The molecule has 0 aliphatic heterocycles. The third-order valence-corrected chi connectivity index (χ3v) is 8.85. The molecule has 58 heavy (non-hydrogen) atoms. The Hall–Kier alpha value is -7.15. The number of ether oxygens (including phenoxy) is 5. The van der Waals surface area contributed by atoms with Gasteiger partial charge < -0.3 is 23.7 Å². The molecule has 294 valence electrons. The van der Waals surface area contributed by atoms with Gasteiger partial charge in [-0.25, -0.2) is 19.2 Å². The second kappa shape index (κ2) is 23.7. The molecule has 4 aromatic carbocycles. The largest absolute Gasteiger partial charge is 0.494 e. The molecule has 4 rings (SSSR count). The van der Waals surface area contributed by atoms with Crippen LogP contribution >= 0.6 is 11.8 Å². The molecule has 12 heteroatoms. The van der Waals surface area contributed by atoms with Gasteiger partial charge in [0.15, 0.2) is 0 Å². The average Bonchev–Trinajstić information content (AvgIpc) is 3.25. The van der Waals surface area contributed by atoms with Crippen LogP contribution in [0.15, 0.2) is 139 Å². The lowest BCUT2D eigenvalue weighted by atomic mass is 10.1. The van der Waals surface area contributed by atoms with Crippen LogP contribution in [0.1, 0.15) is 36.8 Å². The van der Waals surface area contributed by atoms with Crippen LogP contribution in [0.4, 0.5) is 0 Å². The van der Waals surface area contributed by atoms with E-state index in [-0.39, 0.29) is 17.0 Å². The summed E-state index contributed by atoms with van der Waals surface area (Å²) < 4.78 is 26.7. The summed E-state index contributed by atoms with van der Waals surface area (Å²) in [6.45, 7) is 15.7. The van der Waals surface area contributed by atoms with Crippen molar-refractivity contribution in [3.8, 4) is 34.4 Å². The summed E-state index contributed by atoms with van der Waals surface area (Å²) in [4.78, 5) is 52.1. The Bertz CT molecular complexity index is 2040. The highest BCUT2D eigenvalue weighted by atomic mass is 32.2. The molecule has 0 bridgehead atoms. The van der Waals surface area contributed by atoms with E-state index in [1.807, 2.05) is 18.2 Å². The van der Waals surface area contributed by atoms with Crippen LogP contribution in [0.2, 0.25) is 0 Å². The van der Waals surface area contributed by atoms with Gasteiger partial charge in [-0.2, -0.15) is 5.26 Å². The molecule has 0 heterocycles. The number of esters is 3. The van der Waals surface area contributed by atoms with Gasteiger partial charge in [0, 0.05) is 17.0 Å². The highest BCUT2D eigenvalue weighted by Crippen LogP contribution is 2.29. The summed E-state index contributed by atoms with van der Waals surface area (Å²) in [5.41, 5.74) is 2.79. The van der Waals surface area contributed by atoms with Crippen molar-refractivity contribution in [1.82, 2.24) is 0 Å². The van der Waals surface area contributed by atoms with E-state index >= 15 is 0 Å². The molecule has 0 aliphatic carbocycles. The molecule has 0 N–H and O–H groups in total. The van der Waals surface area contributed by atoms with E-state index < -0.39 is 23.0 Å². The third kappa shape index (κ3) is 14.8. The summed E-state index contributed by atoms with van der Waals surface area (Å²) in [5.74, 6) is -0.186. The first-order valence-corrected chi connectivity index (χ1v) is 18.9. The lowest BCUT2D eigenvalue weighted by Gasteiger charge is -2.08. The van der Waals surface area contributed by atoms with Crippen LogP contribution in [-0.2, 0) is 28.7 Å². The number of nitrogens with zero attached hydrogens (tertiary/aromatic N) is 2. The van der Waals surface area contributed by atoms with Crippen LogP contribution in [0.5, 0.6) is 17.2 Å². The highest BCUT2D eigenvalue weighted by Gasteiger charge is 2.14. The number of benzene rings is 4. The van der Waals surface area contributed by atoms with Crippen molar-refractivity contribution in [1.29, 1.82) is 5.26 Å². The fourth-order valence-corrected chi connectivity index (χ4v) is 5.62. The van der Waals surface area contributed by atoms with Crippen molar-refractivity contribution in [2.45, 2.75) is 30.6 Å². The van der Waals surface area contributed by atoms with Crippen molar-refractivity contribution >= 4 is 46.9 Å². The first kappa shape index (κ1) is 43.6. The first-order valence-electron chi connectivity index (χ1n) is 18.1. The zero-order valence-electron chi connectivity index (χ0n) is 31.6. The molecular formula is C46H40N2O9S. The zero-order valence-corrected chi connectivity index (χ0v) is 32.4. The number of nitriles is 1. The summed E-state index contributed by atoms with van der Waals surface area (Å²) in [5, 5.41) is 9.25. The van der Waals surface area contributed by atoms with Gasteiger partial charge in [-0.15, -0.1) is 0 Å². The molecule has 0 amide bonds. The number of carbonyl (C=O) groups is 4. The van der Waals surface area contributed by atoms with Crippen LogP contribution in [0, 0.1) is 17.9 Å². The minimum absolute atomic E-state index is 0.0193. The quantitative estimate of drug-likeness (QED) is 0.0151. The molecular weight excluding hydrogens is 757 g/mol. The first-order chi connectivity index (χ1) is 28.2. The standard InChI is InChI=1S/C46H40N2O9S/c1-4-43(49)55-28-8-6-26-53-38-18-10-33(11-19-38)30-37(32-47)45(51)57-40-22-14-35(15-23-40)36-16-24-41(25-17-36)58-46(52)42(48-3)31-34-12-20-39(21-13-34)54-27-7-9-29-56-44(50)5-2/h4-5,10-25,30-31H,1-2,6-9,26-29H2/b37-30+,42-31-. The van der Waals surface area contributed by atoms with Crippen LogP contribution in [-0.4, -0.2) is 49.5 Å². The minimum atomic E-state index is -0.799. The number of hydrogen-bond acceptors (Lipinski definition) is 11. The van der Waals surface area contributed by atoms with E-state index in [0.29, 0.717) is 79.6 Å². The average molecular weight is 797 g/mol. The van der Waals surface area contributed by atoms with E-state index in [1.165, 1.54) is 12.2 Å².